The van der Waals surface area contributed by atoms with Crippen LogP contribution < -0.4 is 0 Å². The Morgan fingerprint density at radius 2 is 1.43 bits per heavy atom. The van der Waals surface area contributed by atoms with Crippen LogP contribution in [0.2, 0.25) is 0 Å². The van der Waals surface area contributed by atoms with Gasteiger partial charge < -0.3 is 55.4 Å². The monoisotopic (exact) mass is 344 g/mol. The average Bonchev–Trinajstić information content (AvgIpc) is 2.57. The van der Waals surface area contributed by atoms with Gasteiger partial charge in [-0.05, 0) is 0 Å². The van der Waals surface area contributed by atoms with Gasteiger partial charge in [-0.15, -0.1) is 0 Å². The van der Waals surface area contributed by atoms with Crippen molar-refractivity contribution in [3.63, 3.8) is 0 Å². The highest BCUT2D eigenvalue weighted by molar-refractivity contribution is 4.90. The zero-order chi connectivity index (χ0) is 17.7. The summed E-state index contributed by atoms with van der Waals surface area (Å²) >= 11 is 0. The van der Waals surface area contributed by atoms with E-state index in [2.05, 4.69) is 0 Å². The lowest BCUT2D eigenvalue weighted by Crippen LogP contribution is -2.61. The molecule has 0 saturated carbocycles. The first-order valence-corrected chi connectivity index (χ1v) is 7.00. The van der Waals surface area contributed by atoms with Gasteiger partial charge in [0.05, 0.1) is 19.8 Å². The standard InChI is InChI=1S/C12H24O11/c13-1-4(16)7(17)8(18)5(2-14)22-12-11(21)10(20)9(19)6(3-15)23-12/h4-21H,1-3H2/t4-,5-,6-,7-,8-,9-,10+,11-,12+/m1/s1. The molecule has 9 atom stereocenters. The molecule has 1 heterocycles. The summed E-state index contributed by atoms with van der Waals surface area (Å²) in [6.45, 7) is -2.40. The summed E-state index contributed by atoms with van der Waals surface area (Å²) in [5, 5.41) is 84.7. The molecule has 1 aliphatic rings. The molecule has 1 fully saturated rings. The van der Waals surface area contributed by atoms with E-state index in [0.717, 1.165) is 0 Å². The van der Waals surface area contributed by atoms with Gasteiger partial charge in [0, 0.05) is 0 Å². The van der Waals surface area contributed by atoms with Crippen LogP contribution in [0.5, 0.6) is 0 Å². The molecule has 11 nitrogen and oxygen atoms in total. The van der Waals surface area contributed by atoms with Crippen LogP contribution >= 0.6 is 0 Å². The van der Waals surface area contributed by atoms with E-state index in [4.69, 9.17) is 19.7 Å². The van der Waals surface area contributed by atoms with E-state index >= 15 is 0 Å². The molecule has 0 amide bonds. The summed E-state index contributed by atoms with van der Waals surface area (Å²) in [7, 11) is 0. The molecule has 23 heavy (non-hydrogen) atoms. The van der Waals surface area contributed by atoms with Crippen LogP contribution in [0.15, 0.2) is 0 Å². The molecule has 138 valence electrons. The van der Waals surface area contributed by atoms with E-state index in [1.807, 2.05) is 0 Å². The van der Waals surface area contributed by atoms with Gasteiger partial charge in [0.1, 0.15) is 48.8 Å². The molecule has 1 saturated heterocycles. The van der Waals surface area contributed by atoms with Gasteiger partial charge >= 0.3 is 0 Å². The summed E-state index contributed by atoms with van der Waals surface area (Å²) in [5.74, 6) is 0. The van der Waals surface area contributed by atoms with Crippen molar-refractivity contribution in [1.29, 1.82) is 0 Å². The summed E-state index contributed by atoms with van der Waals surface area (Å²) in [6, 6.07) is 0. The fourth-order valence-corrected chi connectivity index (χ4v) is 2.14. The average molecular weight is 344 g/mol. The zero-order valence-corrected chi connectivity index (χ0v) is 12.2. The van der Waals surface area contributed by atoms with Crippen molar-refractivity contribution in [2.75, 3.05) is 19.8 Å². The second-order valence-corrected chi connectivity index (χ2v) is 5.29. The molecule has 0 spiro atoms. The van der Waals surface area contributed by atoms with Crippen molar-refractivity contribution in [2.24, 2.45) is 0 Å². The van der Waals surface area contributed by atoms with Crippen LogP contribution in [0.25, 0.3) is 0 Å². The highest BCUT2D eigenvalue weighted by Crippen LogP contribution is 2.24. The Kier molecular flexibility index (Phi) is 8.20. The second-order valence-electron chi connectivity index (χ2n) is 5.29. The Bertz CT molecular complexity index is 341. The third kappa shape index (κ3) is 4.78. The Balaban J connectivity index is 2.77. The van der Waals surface area contributed by atoms with Gasteiger partial charge in [-0.3, -0.25) is 0 Å². The van der Waals surface area contributed by atoms with Crippen LogP contribution in [0.4, 0.5) is 0 Å². The van der Waals surface area contributed by atoms with E-state index < -0.39 is 74.9 Å². The third-order valence-electron chi connectivity index (χ3n) is 3.65. The lowest BCUT2D eigenvalue weighted by atomic mass is 9.99. The molecule has 0 aromatic rings. The van der Waals surface area contributed by atoms with Crippen molar-refractivity contribution >= 4 is 0 Å². The van der Waals surface area contributed by atoms with Crippen LogP contribution in [0.3, 0.4) is 0 Å². The van der Waals surface area contributed by atoms with Gasteiger partial charge in [-0.25, -0.2) is 0 Å². The fourth-order valence-electron chi connectivity index (χ4n) is 2.14. The predicted molar refractivity (Wildman–Crippen MR) is 70.8 cm³/mol. The SMILES string of the molecule is OC[C@@H](O)[C@@H](O)[C@H](O)[C@@H](CO)O[C@H]1O[C@H](CO)[C@@H](O)[C@H](O)[C@H]1O. The molecule has 0 aromatic carbocycles. The number of aliphatic hydroxyl groups is 9. The number of aliphatic hydroxyl groups excluding tert-OH is 9. The molecule has 0 aliphatic carbocycles. The molecular formula is C12H24O11. The first-order chi connectivity index (χ1) is 10.8. The van der Waals surface area contributed by atoms with Crippen molar-refractivity contribution in [1.82, 2.24) is 0 Å². The second kappa shape index (κ2) is 9.15. The zero-order valence-electron chi connectivity index (χ0n) is 12.2. The predicted octanol–water partition coefficient (Wildman–Crippen LogP) is -5.76. The Labute approximate surface area is 131 Å². The first kappa shape index (κ1) is 20.6. The van der Waals surface area contributed by atoms with E-state index in [1.54, 1.807) is 0 Å². The summed E-state index contributed by atoms with van der Waals surface area (Å²) < 4.78 is 10.1. The van der Waals surface area contributed by atoms with E-state index in [0.29, 0.717) is 0 Å². The Hall–Kier alpha value is -0.440. The summed E-state index contributed by atoms with van der Waals surface area (Å²) in [4.78, 5) is 0. The third-order valence-corrected chi connectivity index (χ3v) is 3.65. The minimum atomic E-state index is -1.86. The minimum Gasteiger partial charge on any atom is -0.394 e. The van der Waals surface area contributed by atoms with Crippen LogP contribution in [0.1, 0.15) is 0 Å². The highest BCUT2D eigenvalue weighted by atomic mass is 16.7. The van der Waals surface area contributed by atoms with Crippen molar-refractivity contribution in [3.8, 4) is 0 Å². The van der Waals surface area contributed by atoms with Gasteiger partial charge in [-0.2, -0.15) is 0 Å². The molecule has 0 unspecified atom stereocenters. The molecular weight excluding hydrogens is 320 g/mol. The first-order valence-electron chi connectivity index (χ1n) is 7.00. The van der Waals surface area contributed by atoms with Crippen LogP contribution in [-0.4, -0.2) is 121 Å². The molecule has 0 bridgehead atoms. The Morgan fingerprint density at radius 3 is 1.91 bits per heavy atom. The van der Waals surface area contributed by atoms with Crippen molar-refractivity contribution in [3.05, 3.63) is 0 Å². The molecule has 0 aromatic heterocycles. The maximum Gasteiger partial charge on any atom is 0.187 e. The number of ether oxygens (including phenoxy) is 2. The minimum absolute atomic E-state index is 0.691. The molecule has 9 N–H and O–H groups in total. The van der Waals surface area contributed by atoms with Gasteiger partial charge in [0.15, 0.2) is 6.29 Å². The highest BCUT2D eigenvalue weighted by Gasteiger charge is 2.46. The molecule has 1 rings (SSSR count). The van der Waals surface area contributed by atoms with Crippen molar-refractivity contribution < 1.29 is 55.4 Å². The van der Waals surface area contributed by atoms with E-state index in [-0.39, 0.29) is 0 Å². The molecule has 11 heteroatoms. The normalized spacial score (nSPS) is 37.2. The van der Waals surface area contributed by atoms with Gasteiger partial charge in [0.2, 0.25) is 0 Å². The Morgan fingerprint density at radius 1 is 0.826 bits per heavy atom. The fraction of sp³-hybridized carbons (Fsp3) is 1.00. The van der Waals surface area contributed by atoms with E-state index in [1.165, 1.54) is 0 Å². The summed E-state index contributed by atoms with van der Waals surface area (Å²) in [6.07, 6.45) is -14.9. The topological polar surface area (TPSA) is 201 Å². The van der Waals surface area contributed by atoms with Crippen LogP contribution in [-0.2, 0) is 9.47 Å². The smallest absolute Gasteiger partial charge is 0.187 e. The van der Waals surface area contributed by atoms with Crippen LogP contribution in [0, 0.1) is 0 Å². The van der Waals surface area contributed by atoms with Crippen molar-refractivity contribution in [2.45, 2.75) is 55.1 Å². The number of rotatable bonds is 8. The number of hydrogen-bond acceptors (Lipinski definition) is 11. The quantitative estimate of drug-likeness (QED) is 0.203. The largest absolute Gasteiger partial charge is 0.394 e. The lowest BCUT2D eigenvalue weighted by Gasteiger charge is -2.41. The molecule has 1 aliphatic heterocycles. The van der Waals surface area contributed by atoms with Gasteiger partial charge in [0.25, 0.3) is 0 Å². The maximum atomic E-state index is 9.83. The number of hydrogen-bond donors (Lipinski definition) is 9. The lowest BCUT2D eigenvalue weighted by molar-refractivity contribution is -0.322. The summed E-state index contributed by atoms with van der Waals surface area (Å²) in [5.41, 5.74) is 0. The van der Waals surface area contributed by atoms with E-state index in [9.17, 15) is 35.7 Å². The van der Waals surface area contributed by atoms with Gasteiger partial charge in [-0.1, -0.05) is 0 Å². The maximum absolute atomic E-state index is 9.83. The molecule has 0 radical (unpaired) electrons.